The maximum Gasteiger partial charge on any atom is 0.325 e. The van der Waals surface area contributed by atoms with Crippen molar-refractivity contribution in [2.24, 2.45) is 0 Å². The highest BCUT2D eigenvalue weighted by Crippen LogP contribution is 2.42. The second-order valence-electron chi connectivity index (χ2n) is 8.32. The van der Waals surface area contributed by atoms with Crippen LogP contribution >= 0.6 is 0 Å². The number of aromatic hydroxyl groups is 2. The van der Waals surface area contributed by atoms with E-state index in [2.05, 4.69) is 5.32 Å². The van der Waals surface area contributed by atoms with Gasteiger partial charge >= 0.3 is 5.97 Å². The average Bonchev–Trinajstić information content (AvgIpc) is 2.90. The molecular formula is C25H25NO12. The third-order valence-electron chi connectivity index (χ3n) is 5.77. The number of aliphatic hydroxyl groups is 3. The van der Waals surface area contributed by atoms with Crippen LogP contribution < -0.4 is 15.5 Å². The number of carbonyl (C=O) groups excluding carboxylic acids is 2. The highest BCUT2D eigenvalue weighted by Gasteiger charge is 2.48. The first-order valence-corrected chi connectivity index (χ1v) is 11.5. The predicted octanol–water partition coefficient (Wildman–Crippen LogP) is -0.263. The molecule has 1 saturated heterocycles. The number of aliphatic hydroxyl groups excluding tert-OH is 3. The van der Waals surface area contributed by atoms with E-state index in [1.165, 1.54) is 0 Å². The lowest BCUT2D eigenvalue weighted by Gasteiger charge is -2.39. The van der Waals surface area contributed by atoms with Crippen molar-refractivity contribution in [2.45, 2.75) is 37.6 Å². The molecule has 3 aromatic rings. The largest absolute Gasteiger partial charge is 0.504 e. The van der Waals surface area contributed by atoms with Crippen molar-refractivity contribution in [3.63, 3.8) is 0 Å². The van der Waals surface area contributed by atoms with Crippen LogP contribution in [0.2, 0.25) is 0 Å². The first-order chi connectivity index (χ1) is 18.1. The zero-order valence-corrected chi connectivity index (χ0v) is 19.9. The van der Waals surface area contributed by atoms with Gasteiger partial charge in [-0.2, -0.15) is 0 Å². The van der Waals surface area contributed by atoms with Gasteiger partial charge in [-0.3, -0.25) is 14.4 Å². The van der Waals surface area contributed by atoms with Gasteiger partial charge in [0, 0.05) is 17.7 Å². The molecule has 202 valence electrons. The topological polar surface area (TPSA) is 205 Å². The van der Waals surface area contributed by atoms with Gasteiger partial charge in [0.1, 0.15) is 41.6 Å². The van der Waals surface area contributed by atoms with Crippen LogP contribution in [0.25, 0.3) is 22.3 Å². The van der Waals surface area contributed by atoms with Gasteiger partial charge in [0.15, 0.2) is 23.0 Å². The Hall–Kier alpha value is -4.17. The van der Waals surface area contributed by atoms with Crippen LogP contribution in [0.5, 0.6) is 17.2 Å². The minimum absolute atomic E-state index is 0.0765. The Morgan fingerprint density at radius 1 is 1.00 bits per heavy atom. The fourth-order valence-corrected chi connectivity index (χ4v) is 3.86. The van der Waals surface area contributed by atoms with E-state index in [4.69, 9.17) is 18.6 Å². The summed E-state index contributed by atoms with van der Waals surface area (Å²) in [6, 6.07) is 10.8. The molecule has 2 aromatic carbocycles. The van der Waals surface area contributed by atoms with Crippen LogP contribution in [-0.2, 0) is 19.1 Å². The van der Waals surface area contributed by atoms with E-state index >= 15 is 0 Å². The van der Waals surface area contributed by atoms with Crippen LogP contribution in [0.3, 0.4) is 0 Å². The molecule has 2 heterocycles. The number of ether oxygens (including phenoxy) is 3. The summed E-state index contributed by atoms with van der Waals surface area (Å²) in [5.41, 5.74) is -0.284. The molecule has 0 spiro atoms. The van der Waals surface area contributed by atoms with Gasteiger partial charge in [0.25, 0.3) is 5.91 Å². The van der Waals surface area contributed by atoms with Crippen molar-refractivity contribution in [3.8, 4) is 28.6 Å². The number of benzene rings is 2. The average molecular weight is 531 g/mol. The Balaban J connectivity index is 1.63. The molecule has 0 radical (unpaired) electrons. The van der Waals surface area contributed by atoms with Crippen LogP contribution in [0, 0.1) is 0 Å². The second kappa shape index (κ2) is 11.1. The predicted molar refractivity (Wildman–Crippen MR) is 128 cm³/mol. The smallest absolute Gasteiger partial charge is 0.325 e. The Morgan fingerprint density at radius 3 is 2.39 bits per heavy atom. The minimum atomic E-state index is -1.94. The van der Waals surface area contributed by atoms with Crippen LogP contribution in [0.1, 0.15) is 6.92 Å². The Morgan fingerprint density at radius 2 is 1.71 bits per heavy atom. The molecule has 1 aromatic heterocycles. The highest BCUT2D eigenvalue weighted by atomic mass is 16.7. The van der Waals surface area contributed by atoms with Gasteiger partial charge < -0.3 is 49.5 Å². The van der Waals surface area contributed by atoms with E-state index in [1.54, 1.807) is 37.3 Å². The summed E-state index contributed by atoms with van der Waals surface area (Å²) in [5, 5.41) is 53.7. The zero-order valence-electron chi connectivity index (χ0n) is 19.9. The molecule has 0 saturated carbocycles. The maximum atomic E-state index is 12.7. The molecule has 0 unspecified atom stereocenters. The van der Waals surface area contributed by atoms with E-state index in [0.29, 0.717) is 5.56 Å². The summed E-state index contributed by atoms with van der Waals surface area (Å²) in [7, 11) is 0. The number of hydrogen-bond donors (Lipinski definition) is 6. The number of phenols is 2. The number of carbonyl (C=O) groups is 2. The summed E-state index contributed by atoms with van der Waals surface area (Å²) >= 11 is 0. The molecule has 1 aliphatic heterocycles. The molecular weight excluding hydrogens is 506 g/mol. The van der Waals surface area contributed by atoms with Crippen molar-refractivity contribution < 1.29 is 53.7 Å². The molecule has 4 rings (SSSR count). The standard InChI is InChI=1S/C25H25NO12/c1-2-35-16(28)10-26-24(34)23-21(32)20(31)22(33)25(38-23)37-15-9-14-17(19(30)18(15)29)12(27)8-13(36-14)11-6-4-3-5-7-11/h3-9,20-23,25,29-33H,2,10H2,1H3,(H,26,34)/t20-,21+,22-,23-,25-/m1/s1. The summed E-state index contributed by atoms with van der Waals surface area (Å²) in [6.45, 7) is 1.10. The van der Waals surface area contributed by atoms with E-state index in [0.717, 1.165) is 12.1 Å². The fraction of sp³-hybridized carbons (Fsp3) is 0.320. The molecule has 0 bridgehead atoms. The molecule has 38 heavy (non-hydrogen) atoms. The monoisotopic (exact) mass is 531 g/mol. The summed E-state index contributed by atoms with van der Waals surface area (Å²) in [4.78, 5) is 36.7. The third-order valence-corrected chi connectivity index (χ3v) is 5.77. The van der Waals surface area contributed by atoms with Gasteiger partial charge in [-0.05, 0) is 6.92 Å². The third kappa shape index (κ3) is 5.26. The zero-order chi connectivity index (χ0) is 27.6. The lowest BCUT2D eigenvalue weighted by Crippen LogP contribution is -2.63. The lowest BCUT2D eigenvalue weighted by molar-refractivity contribution is -0.267. The van der Waals surface area contributed by atoms with Gasteiger partial charge in [-0.15, -0.1) is 0 Å². The normalized spacial score (nSPS) is 23.1. The van der Waals surface area contributed by atoms with E-state index in [-0.39, 0.29) is 23.3 Å². The minimum Gasteiger partial charge on any atom is -0.504 e. The highest BCUT2D eigenvalue weighted by molar-refractivity contribution is 5.89. The summed E-state index contributed by atoms with van der Waals surface area (Å²) < 4.78 is 21.2. The molecule has 13 nitrogen and oxygen atoms in total. The number of nitrogens with one attached hydrogen (secondary N) is 1. The summed E-state index contributed by atoms with van der Waals surface area (Å²) in [5.74, 6) is -3.93. The summed E-state index contributed by atoms with van der Waals surface area (Å²) in [6.07, 6.45) is -9.41. The number of amides is 1. The number of phenolic OH excluding ortho intramolecular Hbond substituents is 2. The van der Waals surface area contributed by atoms with Crippen molar-refractivity contribution in [3.05, 3.63) is 52.7 Å². The molecule has 1 amide bonds. The Kier molecular flexibility index (Phi) is 7.83. The number of hydrogen-bond acceptors (Lipinski definition) is 12. The van der Waals surface area contributed by atoms with Gasteiger partial charge in [0.2, 0.25) is 12.0 Å². The number of fused-ring (bicyclic) bond motifs is 1. The van der Waals surface area contributed by atoms with Gasteiger partial charge in [-0.1, -0.05) is 30.3 Å². The van der Waals surface area contributed by atoms with E-state index in [1.807, 2.05) is 0 Å². The number of rotatable bonds is 7. The van der Waals surface area contributed by atoms with Crippen molar-refractivity contribution in [2.75, 3.05) is 13.2 Å². The molecule has 6 N–H and O–H groups in total. The fourth-order valence-electron chi connectivity index (χ4n) is 3.86. The van der Waals surface area contributed by atoms with E-state index < -0.39 is 71.8 Å². The van der Waals surface area contributed by atoms with Crippen LogP contribution in [0.4, 0.5) is 0 Å². The maximum absolute atomic E-state index is 12.7. The quantitative estimate of drug-likeness (QED) is 0.172. The molecule has 1 aliphatic rings. The van der Waals surface area contributed by atoms with Gasteiger partial charge in [0.05, 0.1) is 6.61 Å². The first-order valence-electron chi connectivity index (χ1n) is 11.5. The molecule has 5 atom stereocenters. The lowest BCUT2D eigenvalue weighted by atomic mass is 9.98. The van der Waals surface area contributed by atoms with Crippen molar-refractivity contribution >= 4 is 22.8 Å². The van der Waals surface area contributed by atoms with E-state index in [9.17, 15) is 39.9 Å². The van der Waals surface area contributed by atoms with Crippen molar-refractivity contribution in [1.29, 1.82) is 0 Å². The van der Waals surface area contributed by atoms with Crippen molar-refractivity contribution in [1.82, 2.24) is 5.32 Å². The Labute approximate surface area is 214 Å². The Bertz CT molecular complexity index is 1390. The molecule has 0 aliphatic carbocycles. The van der Waals surface area contributed by atoms with Gasteiger partial charge in [-0.25, -0.2) is 0 Å². The molecule has 1 fully saturated rings. The van der Waals surface area contributed by atoms with Crippen LogP contribution in [-0.4, -0.2) is 81.3 Å². The molecule has 13 heteroatoms. The SMILES string of the molecule is CCOC(=O)CNC(=O)[C@@H]1O[C@@H](Oc2cc3oc(-c4ccccc4)cc(=O)c3c(O)c2O)[C@H](O)[C@H](O)[C@@H]1O. The second-order valence-corrected chi connectivity index (χ2v) is 8.32. The first kappa shape index (κ1) is 26.9. The van der Waals surface area contributed by atoms with Crippen LogP contribution in [0.15, 0.2) is 51.7 Å². The number of esters is 1.